The Labute approximate surface area is 148 Å². The van der Waals surface area contributed by atoms with E-state index in [-0.39, 0.29) is 5.91 Å². The van der Waals surface area contributed by atoms with E-state index in [1.165, 1.54) is 5.56 Å². The molecule has 0 saturated carbocycles. The van der Waals surface area contributed by atoms with E-state index in [1.54, 1.807) is 33.3 Å². The molecule has 0 radical (unpaired) electrons. The first-order chi connectivity index (χ1) is 12.1. The second-order valence-corrected chi connectivity index (χ2v) is 5.66. The molecule has 0 fully saturated rings. The maximum absolute atomic E-state index is 12.2. The lowest BCUT2D eigenvalue weighted by atomic mass is 10.1. The topological polar surface area (TPSA) is 56.8 Å². The molecule has 5 heteroatoms. The van der Waals surface area contributed by atoms with Gasteiger partial charge in [-0.1, -0.05) is 24.3 Å². The molecule has 1 atom stereocenters. The van der Waals surface area contributed by atoms with E-state index in [2.05, 4.69) is 11.4 Å². The summed E-state index contributed by atoms with van der Waals surface area (Å²) < 4.78 is 16.1. The third-order valence-electron chi connectivity index (χ3n) is 3.82. The molecule has 1 N–H and O–H groups in total. The van der Waals surface area contributed by atoms with Crippen LogP contribution in [0.4, 0.5) is 0 Å². The summed E-state index contributed by atoms with van der Waals surface area (Å²) in [6.07, 6.45) is 1.13. The number of nitrogens with one attached hydrogen (secondary N) is 1. The fourth-order valence-corrected chi connectivity index (χ4v) is 2.44. The molecule has 1 unspecified atom stereocenters. The Hall–Kier alpha value is -2.69. The van der Waals surface area contributed by atoms with Gasteiger partial charge in [-0.15, -0.1) is 0 Å². The number of rotatable bonds is 9. The average Bonchev–Trinajstić information content (AvgIpc) is 2.65. The molecule has 0 aliphatic heterocycles. The second kappa shape index (κ2) is 9.57. The Morgan fingerprint density at radius 1 is 1.04 bits per heavy atom. The summed E-state index contributed by atoms with van der Waals surface area (Å²) in [5.74, 6) is 1.88. The monoisotopic (exact) mass is 343 g/mol. The van der Waals surface area contributed by atoms with Gasteiger partial charge in [0.15, 0.2) is 17.6 Å². The highest BCUT2D eigenvalue weighted by Gasteiger charge is 2.16. The van der Waals surface area contributed by atoms with Crippen molar-refractivity contribution in [3.05, 3.63) is 54.1 Å². The van der Waals surface area contributed by atoms with Gasteiger partial charge in [0.25, 0.3) is 5.91 Å². The molecule has 2 aromatic carbocycles. The van der Waals surface area contributed by atoms with Crippen molar-refractivity contribution in [2.24, 2.45) is 0 Å². The third-order valence-corrected chi connectivity index (χ3v) is 3.82. The summed E-state index contributed by atoms with van der Waals surface area (Å²) in [4.78, 5) is 12.2. The van der Waals surface area contributed by atoms with Crippen LogP contribution in [0.5, 0.6) is 17.2 Å². The fourth-order valence-electron chi connectivity index (χ4n) is 2.44. The van der Waals surface area contributed by atoms with Crippen molar-refractivity contribution in [1.82, 2.24) is 5.32 Å². The predicted molar refractivity (Wildman–Crippen MR) is 97.4 cm³/mol. The number of hydrogen-bond donors (Lipinski definition) is 1. The number of hydrogen-bond acceptors (Lipinski definition) is 4. The summed E-state index contributed by atoms with van der Waals surface area (Å²) in [6.45, 7) is 2.32. The van der Waals surface area contributed by atoms with Crippen LogP contribution in [-0.2, 0) is 11.2 Å². The normalized spacial score (nSPS) is 11.5. The van der Waals surface area contributed by atoms with E-state index in [4.69, 9.17) is 14.2 Å². The van der Waals surface area contributed by atoms with Crippen molar-refractivity contribution < 1.29 is 19.0 Å². The maximum Gasteiger partial charge on any atom is 0.260 e. The lowest BCUT2D eigenvalue weighted by Crippen LogP contribution is -2.37. The maximum atomic E-state index is 12.2. The van der Waals surface area contributed by atoms with Crippen LogP contribution >= 0.6 is 0 Å². The van der Waals surface area contributed by atoms with Crippen LogP contribution in [0.15, 0.2) is 48.5 Å². The van der Waals surface area contributed by atoms with Crippen LogP contribution in [-0.4, -0.2) is 32.8 Å². The predicted octanol–water partition coefficient (Wildman–Crippen LogP) is 3.22. The number of ether oxygens (including phenoxy) is 3. The van der Waals surface area contributed by atoms with Crippen LogP contribution in [0.1, 0.15) is 18.9 Å². The van der Waals surface area contributed by atoms with E-state index < -0.39 is 6.10 Å². The van der Waals surface area contributed by atoms with E-state index in [0.717, 1.165) is 18.6 Å². The molecule has 134 valence electrons. The van der Waals surface area contributed by atoms with E-state index in [9.17, 15) is 4.79 Å². The van der Waals surface area contributed by atoms with Gasteiger partial charge >= 0.3 is 0 Å². The molecule has 1 amide bonds. The van der Waals surface area contributed by atoms with Gasteiger partial charge in [-0.25, -0.2) is 0 Å². The van der Waals surface area contributed by atoms with E-state index in [0.29, 0.717) is 18.0 Å². The summed E-state index contributed by atoms with van der Waals surface area (Å²) in [7, 11) is 3.23. The van der Waals surface area contributed by atoms with Gasteiger partial charge in [0, 0.05) is 6.54 Å². The zero-order valence-corrected chi connectivity index (χ0v) is 15.0. The minimum Gasteiger partial charge on any atom is -0.497 e. The first-order valence-electron chi connectivity index (χ1n) is 8.34. The lowest BCUT2D eigenvalue weighted by Gasteiger charge is -2.16. The number of amides is 1. The molecule has 5 nitrogen and oxygen atoms in total. The van der Waals surface area contributed by atoms with Crippen molar-refractivity contribution >= 4 is 5.91 Å². The van der Waals surface area contributed by atoms with Crippen molar-refractivity contribution in [3.8, 4) is 17.2 Å². The first-order valence-corrected chi connectivity index (χ1v) is 8.34. The Kier molecular flexibility index (Phi) is 7.14. The van der Waals surface area contributed by atoms with Crippen LogP contribution < -0.4 is 19.5 Å². The Morgan fingerprint density at radius 2 is 1.80 bits per heavy atom. The quantitative estimate of drug-likeness (QED) is 0.710. The first kappa shape index (κ1) is 18.6. The van der Waals surface area contributed by atoms with Gasteiger partial charge in [-0.3, -0.25) is 4.79 Å². The molecule has 0 spiro atoms. The fraction of sp³-hybridized carbons (Fsp3) is 0.350. The van der Waals surface area contributed by atoms with Crippen molar-refractivity contribution in [3.63, 3.8) is 0 Å². The van der Waals surface area contributed by atoms with Crippen LogP contribution in [0.2, 0.25) is 0 Å². The van der Waals surface area contributed by atoms with Gasteiger partial charge in [0.1, 0.15) is 5.75 Å². The summed E-state index contributed by atoms with van der Waals surface area (Å²) in [5, 5.41) is 2.90. The number of carbonyl (C=O) groups excluding carboxylic acids is 1. The minimum atomic E-state index is -0.590. The number of para-hydroxylation sites is 2. The molecule has 2 aromatic rings. The standard InChI is InChI=1S/C20H25NO4/c1-15(25-19-12-5-4-11-18(19)24-3)20(22)21-13-7-9-16-8-6-10-17(14-16)23-2/h4-6,8,10-12,14-15H,7,9,13H2,1-3H3,(H,21,22). The Bertz CT molecular complexity index is 687. The minimum absolute atomic E-state index is 0.142. The van der Waals surface area contributed by atoms with Crippen molar-refractivity contribution in [2.45, 2.75) is 25.9 Å². The number of aryl methyl sites for hydroxylation is 1. The summed E-state index contributed by atoms with van der Waals surface area (Å²) in [5.41, 5.74) is 1.19. The van der Waals surface area contributed by atoms with Crippen molar-refractivity contribution in [1.29, 1.82) is 0 Å². The van der Waals surface area contributed by atoms with Gasteiger partial charge in [-0.2, -0.15) is 0 Å². The number of methoxy groups -OCH3 is 2. The smallest absolute Gasteiger partial charge is 0.260 e. The molecule has 25 heavy (non-hydrogen) atoms. The van der Waals surface area contributed by atoms with Crippen LogP contribution in [0.3, 0.4) is 0 Å². The molecule has 2 rings (SSSR count). The average molecular weight is 343 g/mol. The molecular formula is C20H25NO4. The summed E-state index contributed by atoms with van der Waals surface area (Å²) in [6, 6.07) is 15.2. The highest BCUT2D eigenvalue weighted by atomic mass is 16.5. The number of benzene rings is 2. The highest BCUT2D eigenvalue weighted by molar-refractivity contribution is 5.80. The molecular weight excluding hydrogens is 318 g/mol. The van der Waals surface area contributed by atoms with E-state index >= 15 is 0 Å². The largest absolute Gasteiger partial charge is 0.497 e. The van der Waals surface area contributed by atoms with Gasteiger partial charge < -0.3 is 19.5 Å². The Morgan fingerprint density at radius 3 is 2.52 bits per heavy atom. The van der Waals surface area contributed by atoms with Crippen molar-refractivity contribution in [2.75, 3.05) is 20.8 Å². The summed E-state index contributed by atoms with van der Waals surface area (Å²) >= 11 is 0. The van der Waals surface area contributed by atoms with Gasteiger partial charge in [-0.05, 0) is 49.6 Å². The molecule has 0 heterocycles. The lowest BCUT2D eigenvalue weighted by molar-refractivity contribution is -0.127. The zero-order valence-electron chi connectivity index (χ0n) is 15.0. The van der Waals surface area contributed by atoms with Crippen LogP contribution in [0.25, 0.3) is 0 Å². The zero-order chi connectivity index (χ0) is 18.1. The number of carbonyl (C=O) groups is 1. The van der Waals surface area contributed by atoms with Crippen LogP contribution in [0, 0.1) is 0 Å². The van der Waals surface area contributed by atoms with E-state index in [1.807, 2.05) is 30.3 Å². The molecule has 0 bridgehead atoms. The third kappa shape index (κ3) is 5.71. The van der Waals surface area contributed by atoms with Gasteiger partial charge in [0.2, 0.25) is 0 Å². The second-order valence-electron chi connectivity index (χ2n) is 5.66. The SMILES string of the molecule is COc1cccc(CCCNC(=O)C(C)Oc2ccccc2OC)c1. The Balaban J connectivity index is 1.75. The molecule has 0 saturated heterocycles. The van der Waals surface area contributed by atoms with Gasteiger partial charge in [0.05, 0.1) is 14.2 Å². The molecule has 0 aliphatic rings. The molecule has 0 aliphatic carbocycles. The molecule has 0 aromatic heterocycles. The highest BCUT2D eigenvalue weighted by Crippen LogP contribution is 2.26.